The minimum atomic E-state index is -0.333. The Labute approximate surface area is 123 Å². The lowest BCUT2D eigenvalue weighted by atomic mass is 9.80. The van der Waals surface area contributed by atoms with E-state index in [9.17, 15) is 14.4 Å². The molecule has 0 aromatic heterocycles. The van der Waals surface area contributed by atoms with Gasteiger partial charge in [-0.3, -0.25) is 14.4 Å². The maximum absolute atomic E-state index is 11.6. The first-order valence-corrected chi connectivity index (χ1v) is 6.76. The van der Waals surface area contributed by atoms with Crippen LogP contribution in [0.5, 0.6) is 0 Å². The fraction of sp³-hybridized carbons (Fsp3) is 0.312. The lowest BCUT2D eigenvalue weighted by Gasteiger charge is -2.25. The van der Waals surface area contributed by atoms with Gasteiger partial charge in [-0.25, -0.2) is 4.90 Å². The summed E-state index contributed by atoms with van der Waals surface area (Å²) >= 11 is 0. The van der Waals surface area contributed by atoms with Gasteiger partial charge in [-0.05, 0) is 29.5 Å². The van der Waals surface area contributed by atoms with Gasteiger partial charge in [-0.2, -0.15) is 0 Å². The van der Waals surface area contributed by atoms with Gasteiger partial charge in [0.15, 0.2) is 0 Å². The third kappa shape index (κ3) is 3.18. The van der Waals surface area contributed by atoms with Crippen LogP contribution in [0, 0.1) is 0 Å². The molecule has 1 aromatic rings. The number of carbonyl (C=O) groups excluding carboxylic acids is 3. The lowest BCUT2D eigenvalue weighted by Crippen LogP contribution is -2.29. The second-order valence-electron chi connectivity index (χ2n) is 5.74. The summed E-state index contributed by atoms with van der Waals surface area (Å²) in [6, 6.07) is 7.22. The van der Waals surface area contributed by atoms with Crippen LogP contribution >= 0.6 is 0 Å². The van der Waals surface area contributed by atoms with Gasteiger partial charge in [-0.1, -0.05) is 26.0 Å². The van der Waals surface area contributed by atoms with Crippen molar-refractivity contribution in [2.45, 2.75) is 32.1 Å². The van der Waals surface area contributed by atoms with Gasteiger partial charge < -0.3 is 5.73 Å². The summed E-state index contributed by atoms with van der Waals surface area (Å²) in [4.78, 5) is 35.3. The largest absolute Gasteiger partial charge is 0.370 e. The van der Waals surface area contributed by atoms with Gasteiger partial charge in [0.2, 0.25) is 5.91 Å². The average molecular weight is 286 g/mol. The zero-order chi connectivity index (χ0) is 15.6. The number of rotatable bonds is 5. The van der Waals surface area contributed by atoms with E-state index in [2.05, 4.69) is 0 Å². The molecule has 0 bridgehead atoms. The first-order chi connectivity index (χ1) is 9.81. The zero-order valence-electron chi connectivity index (χ0n) is 12.1. The average Bonchev–Trinajstić information content (AvgIpc) is 2.76. The highest BCUT2D eigenvalue weighted by Crippen LogP contribution is 2.30. The Balaban J connectivity index is 2.17. The molecule has 110 valence electrons. The number of hydrogen-bond donors (Lipinski definition) is 1. The number of nitrogens with two attached hydrogens (primary N) is 1. The van der Waals surface area contributed by atoms with Crippen LogP contribution in [0.15, 0.2) is 36.4 Å². The topological polar surface area (TPSA) is 80.5 Å². The molecule has 3 amide bonds. The van der Waals surface area contributed by atoms with Crippen molar-refractivity contribution in [3.05, 3.63) is 42.0 Å². The van der Waals surface area contributed by atoms with E-state index < -0.39 is 0 Å². The molecule has 1 aliphatic rings. The number of primary amides is 1. The van der Waals surface area contributed by atoms with Crippen LogP contribution in [0.25, 0.3) is 0 Å². The summed E-state index contributed by atoms with van der Waals surface area (Å²) in [5.74, 6) is -0.986. The van der Waals surface area contributed by atoms with Gasteiger partial charge in [-0.15, -0.1) is 0 Å². The van der Waals surface area contributed by atoms with Crippen LogP contribution in [0.4, 0.5) is 5.69 Å². The summed E-state index contributed by atoms with van der Waals surface area (Å²) in [5.41, 5.74) is 6.56. The molecule has 0 radical (unpaired) electrons. The SMILES string of the molecule is CC(C)(CCC(N)=O)c1ccc(N2C(=O)C=CC2=O)cc1. The number of anilines is 1. The van der Waals surface area contributed by atoms with Crippen molar-refractivity contribution in [1.29, 1.82) is 0 Å². The van der Waals surface area contributed by atoms with Crippen LogP contribution in [-0.2, 0) is 19.8 Å². The lowest BCUT2D eigenvalue weighted by molar-refractivity contribution is -0.120. The molecule has 0 atom stereocenters. The predicted molar refractivity (Wildman–Crippen MR) is 79.5 cm³/mol. The van der Waals surface area contributed by atoms with Crippen molar-refractivity contribution in [3.63, 3.8) is 0 Å². The molecule has 0 unspecified atom stereocenters. The third-order valence-corrected chi connectivity index (χ3v) is 3.71. The molecular formula is C16H18N2O3. The van der Waals surface area contributed by atoms with E-state index in [0.29, 0.717) is 18.5 Å². The molecule has 1 heterocycles. The fourth-order valence-electron chi connectivity index (χ4n) is 2.30. The van der Waals surface area contributed by atoms with E-state index in [0.717, 1.165) is 10.5 Å². The van der Waals surface area contributed by atoms with E-state index >= 15 is 0 Å². The Morgan fingerprint density at radius 1 is 1.10 bits per heavy atom. The Morgan fingerprint density at radius 2 is 1.62 bits per heavy atom. The summed E-state index contributed by atoms with van der Waals surface area (Å²) in [6.45, 7) is 4.05. The van der Waals surface area contributed by atoms with Crippen LogP contribution in [0.1, 0.15) is 32.3 Å². The number of hydrogen-bond acceptors (Lipinski definition) is 3. The van der Waals surface area contributed by atoms with Gasteiger partial charge in [0.1, 0.15) is 0 Å². The van der Waals surface area contributed by atoms with Crippen molar-refractivity contribution in [1.82, 2.24) is 0 Å². The second-order valence-corrected chi connectivity index (χ2v) is 5.74. The number of imide groups is 1. The van der Waals surface area contributed by atoms with E-state index in [1.807, 2.05) is 26.0 Å². The van der Waals surface area contributed by atoms with Crippen LogP contribution in [0.3, 0.4) is 0 Å². The van der Waals surface area contributed by atoms with Gasteiger partial charge in [0.05, 0.1) is 5.69 Å². The summed E-state index contributed by atoms with van der Waals surface area (Å²) in [6.07, 6.45) is 3.48. The standard InChI is InChI=1S/C16H18N2O3/c1-16(2,10-9-13(17)19)11-3-5-12(6-4-11)18-14(20)7-8-15(18)21/h3-8H,9-10H2,1-2H3,(H2,17,19). The van der Waals surface area contributed by atoms with Crippen molar-refractivity contribution in [2.75, 3.05) is 4.90 Å². The number of carbonyl (C=O) groups is 3. The predicted octanol–water partition coefficient (Wildman–Crippen LogP) is 1.66. The molecule has 21 heavy (non-hydrogen) atoms. The van der Waals surface area contributed by atoms with Crippen molar-refractivity contribution in [3.8, 4) is 0 Å². The van der Waals surface area contributed by atoms with Gasteiger partial charge in [0.25, 0.3) is 11.8 Å². The molecule has 1 aliphatic heterocycles. The van der Waals surface area contributed by atoms with E-state index in [1.165, 1.54) is 12.2 Å². The summed E-state index contributed by atoms with van der Waals surface area (Å²) < 4.78 is 0. The normalized spacial score (nSPS) is 14.9. The first-order valence-electron chi connectivity index (χ1n) is 6.76. The van der Waals surface area contributed by atoms with Crippen molar-refractivity contribution >= 4 is 23.4 Å². The summed E-state index contributed by atoms with van der Waals surface area (Å²) in [5, 5.41) is 0. The fourth-order valence-corrected chi connectivity index (χ4v) is 2.30. The van der Waals surface area contributed by atoms with Gasteiger partial charge >= 0.3 is 0 Å². The Bertz CT molecular complexity index is 597. The smallest absolute Gasteiger partial charge is 0.258 e. The molecule has 2 rings (SSSR count). The van der Waals surface area contributed by atoms with Crippen LogP contribution < -0.4 is 10.6 Å². The van der Waals surface area contributed by atoms with E-state index in [4.69, 9.17) is 5.73 Å². The molecule has 2 N–H and O–H groups in total. The van der Waals surface area contributed by atoms with Crippen LogP contribution in [0.2, 0.25) is 0 Å². The Kier molecular flexibility index (Phi) is 3.93. The van der Waals surface area contributed by atoms with Gasteiger partial charge in [0, 0.05) is 18.6 Å². The monoisotopic (exact) mass is 286 g/mol. The number of amides is 3. The molecule has 0 spiro atoms. The number of nitrogens with zero attached hydrogens (tertiary/aromatic N) is 1. The third-order valence-electron chi connectivity index (χ3n) is 3.71. The highest BCUT2D eigenvalue weighted by atomic mass is 16.2. The molecular weight excluding hydrogens is 268 g/mol. The molecule has 1 aromatic carbocycles. The molecule has 0 saturated heterocycles. The maximum Gasteiger partial charge on any atom is 0.258 e. The molecule has 0 fully saturated rings. The van der Waals surface area contributed by atoms with Crippen LogP contribution in [-0.4, -0.2) is 17.7 Å². The molecule has 5 heteroatoms. The van der Waals surface area contributed by atoms with E-state index in [1.54, 1.807) is 12.1 Å². The quantitative estimate of drug-likeness (QED) is 0.836. The van der Waals surface area contributed by atoms with Crippen molar-refractivity contribution in [2.24, 2.45) is 5.73 Å². The minimum Gasteiger partial charge on any atom is -0.370 e. The Morgan fingerprint density at radius 3 is 2.10 bits per heavy atom. The number of benzene rings is 1. The zero-order valence-corrected chi connectivity index (χ0v) is 12.1. The highest BCUT2D eigenvalue weighted by Gasteiger charge is 2.26. The molecule has 0 saturated carbocycles. The molecule has 5 nitrogen and oxygen atoms in total. The highest BCUT2D eigenvalue weighted by molar-refractivity contribution is 6.28. The second kappa shape index (κ2) is 5.52. The summed E-state index contributed by atoms with van der Waals surface area (Å²) in [7, 11) is 0. The van der Waals surface area contributed by atoms with Crippen molar-refractivity contribution < 1.29 is 14.4 Å². The minimum absolute atomic E-state index is 0.204. The first kappa shape index (κ1) is 15.0. The van der Waals surface area contributed by atoms with E-state index in [-0.39, 0.29) is 23.1 Å². The maximum atomic E-state index is 11.6. The molecule has 0 aliphatic carbocycles. The Hall–Kier alpha value is -2.43.